The van der Waals surface area contributed by atoms with Gasteiger partial charge in [0.05, 0.1) is 6.61 Å². The second-order valence-corrected chi connectivity index (χ2v) is 2.67. The van der Waals surface area contributed by atoms with Crippen LogP contribution in [-0.2, 0) is 4.74 Å². The van der Waals surface area contributed by atoms with Gasteiger partial charge in [0.25, 0.3) is 0 Å². The van der Waals surface area contributed by atoms with Gasteiger partial charge in [0.2, 0.25) is 0 Å². The van der Waals surface area contributed by atoms with Crippen LogP contribution in [-0.4, -0.2) is 57.8 Å². The van der Waals surface area contributed by atoms with Gasteiger partial charge in [-0.1, -0.05) is 0 Å². The third kappa shape index (κ3) is 1.57. The van der Waals surface area contributed by atoms with E-state index in [1.165, 1.54) is 0 Å². The predicted octanol–water partition coefficient (Wildman–Crippen LogP) is -2.24. The van der Waals surface area contributed by atoms with Crippen molar-refractivity contribution in [2.75, 3.05) is 6.61 Å². The van der Waals surface area contributed by atoms with E-state index in [1.807, 2.05) is 0 Å². The maximum atomic E-state index is 12.8. The second-order valence-electron chi connectivity index (χ2n) is 2.67. The first kappa shape index (κ1) is 9.82. The van der Waals surface area contributed by atoms with Crippen molar-refractivity contribution in [3.8, 4) is 0 Å². The van der Waals surface area contributed by atoms with E-state index in [1.54, 1.807) is 0 Å². The van der Waals surface area contributed by atoms with Crippen molar-refractivity contribution in [1.29, 1.82) is 0 Å². The zero-order chi connectivity index (χ0) is 9.30. The molecule has 1 heterocycles. The van der Waals surface area contributed by atoms with Crippen LogP contribution in [0.1, 0.15) is 0 Å². The smallest absolute Gasteiger partial charge is 0.184 e. The van der Waals surface area contributed by atoms with Crippen LogP contribution in [0.5, 0.6) is 0 Å². The highest BCUT2D eigenvalue weighted by atomic mass is 18.2. The minimum Gasteiger partial charge on any atom is -0.394 e. The number of hydrogen-bond acceptors (Lipinski definition) is 5. The summed E-state index contributed by atoms with van der Waals surface area (Å²) >= 11 is 0. The van der Waals surface area contributed by atoms with Gasteiger partial charge in [-0.05, 0) is 0 Å². The fraction of sp³-hybridized carbons (Fsp3) is 1.00. The number of ether oxygens (including phenoxy) is 1. The number of halogens is 1. The Morgan fingerprint density at radius 2 is 1.75 bits per heavy atom. The summed E-state index contributed by atoms with van der Waals surface area (Å²) in [4.78, 5) is 0. The quantitative estimate of drug-likeness (QED) is 0.367. The van der Waals surface area contributed by atoms with E-state index in [4.69, 9.17) is 20.4 Å². The first-order chi connectivity index (χ1) is 5.57. The van der Waals surface area contributed by atoms with Gasteiger partial charge < -0.3 is 25.2 Å². The van der Waals surface area contributed by atoms with Crippen molar-refractivity contribution in [2.45, 2.75) is 30.8 Å². The van der Waals surface area contributed by atoms with Crippen LogP contribution in [0.4, 0.5) is 4.39 Å². The predicted molar refractivity (Wildman–Crippen MR) is 34.9 cm³/mol. The molecule has 0 saturated carbocycles. The molecule has 1 rings (SSSR count). The molecule has 0 aliphatic carbocycles. The van der Waals surface area contributed by atoms with Crippen molar-refractivity contribution in [1.82, 2.24) is 0 Å². The van der Waals surface area contributed by atoms with E-state index in [9.17, 15) is 4.39 Å². The summed E-state index contributed by atoms with van der Waals surface area (Å²) in [5, 5.41) is 35.2. The molecule has 0 aromatic heterocycles. The Balaban J connectivity index is 2.63. The lowest BCUT2D eigenvalue weighted by Crippen LogP contribution is -2.56. The molecule has 4 N–H and O–H groups in total. The van der Waals surface area contributed by atoms with Crippen LogP contribution in [0.2, 0.25) is 0 Å². The molecular weight excluding hydrogens is 170 g/mol. The lowest BCUT2D eigenvalue weighted by Gasteiger charge is -2.36. The molecular formula is C6H11FO5. The van der Waals surface area contributed by atoms with Gasteiger partial charge in [-0.2, -0.15) is 0 Å². The highest BCUT2D eigenvalue weighted by Gasteiger charge is 2.43. The molecule has 0 bridgehead atoms. The minimum atomic E-state index is -1.99. The third-order valence-corrected chi connectivity index (χ3v) is 1.82. The molecule has 1 aliphatic heterocycles. The molecule has 0 aromatic carbocycles. The van der Waals surface area contributed by atoms with Crippen molar-refractivity contribution in [2.24, 2.45) is 0 Å². The number of alkyl halides is 1. The molecule has 0 radical (unpaired) electrons. The normalized spacial score (nSPS) is 49.2. The highest BCUT2D eigenvalue weighted by molar-refractivity contribution is 4.88. The largest absolute Gasteiger partial charge is 0.394 e. The van der Waals surface area contributed by atoms with Crippen LogP contribution >= 0.6 is 0 Å². The van der Waals surface area contributed by atoms with E-state index in [2.05, 4.69) is 4.74 Å². The minimum absolute atomic E-state index is 0.606. The maximum Gasteiger partial charge on any atom is 0.184 e. The summed E-state index contributed by atoms with van der Waals surface area (Å²) in [6.45, 7) is -0.606. The fourth-order valence-corrected chi connectivity index (χ4v) is 1.06. The molecule has 12 heavy (non-hydrogen) atoms. The average Bonchev–Trinajstić information content (AvgIpc) is 2.08. The lowest BCUT2D eigenvalue weighted by atomic mass is 10.0. The van der Waals surface area contributed by atoms with E-state index in [-0.39, 0.29) is 0 Å². The Hall–Kier alpha value is -0.270. The molecule has 0 aromatic rings. The van der Waals surface area contributed by atoms with Gasteiger partial charge in [-0.3, -0.25) is 0 Å². The van der Waals surface area contributed by atoms with Gasteiger partial charge in [0.1, 0.15) is 18.3 Å². The summed E-state index contributed by atoms with van der Waals surface area (Å²) in [7, 11) is 0. The van der Waals surface area contributed by atoms with Gasteiger partial charge >= 0.3 is 0 Å². The van der Waals surface area contributed by atoms with Gasteiger partial charge in [0, 0.05) is 0 Å². The molecule has 5 atom stereocenters. The third-order valence-electron chi connectivity index (χ3n) is 1.82. The summed E-state index contributed by atoms with van der Waals surface area (Å²) in [5.74, 6) is 0. The Kier molecular flexibility index (Phi) is 2.97. The van der Waals surface area contributed by atoms with Crippen LogP contribution in [0.15, 0.2) is 0 Å². The Bertz CT molecular complexity index is 150. The molecule has 1 aliphatic rings. The average molecular weight is 181 g/mol. The van der Waals surface area contributed by atoms with Crippen LogP contribution in [0.25, 0.3) is 0 Å². The molecule has 5 nitrogen and oxygen atoms in total. The zero-order valence-electron chi connectivity index (χ0n) is 6.17. The Labute approximate surface area is 68.0 Å². The van der Waals surface area contributed by atoms with Gasteiger partial charge in [-0.15, -0.1) is 0 Å². The van der Waals surface area contributed by atoms with Crippen LogP contribution in [0.3, 0.4) is 0 Å². The number of aliphatic hydroxyl groups excluding tert-OH is 4. The molecule has 1 fully saturated rings. The molecule has 6 heteroatoms. The topological polar surface area (TPSA) is 90.2 Å². The van der Waals surface area contributed by atoms with E-state index >= 15 is 0 Å². The lowest BCUT2D eigenvalue weighted by molar-refractivity contribution is -0.274. The Morgan fingerprint density at radius 3 is 2.25 bits per heavy atom. The molecule has 72 valence electrons. The van der Waals surface area contributed by atoms with Crippen LogP contribution in [0, 0.1) is 0 Å². The fourth-order valence-electron chi connectivity index (χ4n) is 1.06. The molecule has 0 amide bonds. The van der Waals surface area contributed by atoms with Crippen molar-refractivity contribution < 1.29 is 29.6 Å². The van der Waals surface area contributed by atoms with Crippen LogP contribution < -0.4 is 0 Å². The molecule has 0 unspecified atom stereocenters. The molecule has 0 spiro atoms. The van der Waals surface area contributed by atoms with Crippen molar-refractivity contribution in [3.63, 3.8) is 0 Å². The summed E-state index contributed by atoms with van der Waals surface area (Å²) in [6, 6.07) is 0. The standard InChI is InChI=1S/C6H11FO5/c7-3-4(9)2(1-8)12-6(11)5(3)10/h2-6,8-11H,1H2/t2-,3+,4-,5-,6+/m1/s1/i7-1. The van der Waals surface area contributed by atoms with E-state index in [0.717, 1.165) is 0 Å². The Morgan fingerprint density at radius 1 is 1.17 bits per heavy atom. The van der Waals surface area contributed by atoms with Gasteiger partial charge in [0.15, 0.2) is 12.5 Å². The zero-order valence-corrected chi connectivity index (χ0v) is 6.17. The number of hydrogen-bond donors (Lipinski definition) is 4. The molecule has 1 saturated heterocycles. The summed E-state index contributed by atoms with van der Waals surface area (Å²) in [6.07, 6.45) is -8.24. The van der Waals surface area contributed by atoms with Crippen molar-refractivity contribution in [3.05, 3.63) is 0 Å². The SMILES string of the molecule is OC[C@H]1O[C@H](O)[C@H](O)[C@@H]([18F])[C@@H]1O. The number of rotatable bonds is 1. The summed E-state index contributed by atoms with van der Waals surface area (Å²) < 4.78 is 17.3. The maximum absolute atomic E-state index is 12.8. The van der Waals surface area contributed by atoms with Gasteiger partial charge in [-0.25, -0.2) is 4.39 Å². The first-order valence-electron chi connectivity index (χ1n) is 3.52. The number of aliphatic hydroxyl groups is 4. The summed E-state index contributed by atoms with van der Waals surface area (Å²) in [5.41, 5.74) is 0. The highest BCUT2D eigenvalue weighted by Crippen LogP contribution is 2.21. The first-order valence-corrected chi connectivity index (χ1v) is 3.52. The monoisotopic (exact) mass is 181 g/mol. The second kappa shape index (κ2) is 3.63. The van der Waals surface area contributed by atoms with Crippen molar-refractivity contribution >= 4 is 0 Å². The van der Waals surface area contributed by atoms with E-state index in [0.29, 0.717) is 0 Å². The van der Waals surface area contributed by atoms with E-state index < -0.39 is 37.4 Å².